The summed E-state index contributed by atoms with van der Waals surface area (Å²) in [5, 5.41) is 9.23. The molecule has 1 aromatic heterocycles. The van der Waals surface area contributed by atoms with Crippen LogP contribution in [0.4, 0.5) is 13.2 Å². The first-order valence-electron chi connectivity index (χ1n) is 5.26. The Morgan fingerprint density at radius 3 is 2.42 bits per heavy atom. The lowest BCUT2D eigenvalue weighted by Crippen LogP contribution is -2.20. The monoisotopic (exact) mass is 313 g/mol. The number of aromatic nitrogens is 1. The van der Waals surface area contributed by atoms with Crippen LogP contribution >= 0.6 is 11.8 Å². The van der Waals surface area contributed by atoms with Gasteiger partial charge in [0, 0.05) is 6.20 Å². The van der Waals surface area contributed by atoms with E-state index in [1.807, 2.05) is 0 Å². The molecule has 0 spiro atoms. The van der Waals surface area contributed by atoms with Crippen molar-refractivity contribution in [1.82, 2.24) is 4.98 Å². The molecule has 0 aliphatic carbocycles. The molecule has 2 rings (SSSR count). The molecular weight excluding hydrogens is 303 g/mol. The van der Waals surface area contributed by atoms with E-state index in [2.05, 4.69) is 4.98 Å². The molecule has 1 saturated heterocycles. The van der Waals surface area contributed by atoms with Crippen molar-refractivity contribution in [3.8, 4) is 0 Å². The molecular formula is C10H10F3NO3S2. The third kappa shape index (κ3) is 3.61. The van der Waals surface area contributed by atoms with Gasteiger partial charge in [-0.3, -0.25) is 0 Å². The van der Waals surface area contributed by atoms with Crippen molar-refractivity contribution in [3.05, 3.63) is 23.9 Å². The molecule has 1 aromatic rings. The Morgan fingerprint density at radius 1 is 1.32 bits per heavy atom. The Bertz CT molecular complexity index is 556. The number of hydrogen-bond donors (Lipinski definition) is 1. The molecule has 0 amide bonds. The molecule has 0 radical (unpaired) electrons. The summed E-state index contributed by atoms with van der Waals surface area (Å²) in [6.07, 6.45) is -4.77. The summed E-state index contributed by atoms with van der Waals surface area (Å²) in [6, 6.07) is 2.05. The van der Waals surface area contributed by atoms with Crippen LogP contribution in [0.2, 0.25) is 0 Å². The van der Waals surface area contributed by atoms with E-state index in [1.54, 1.807) is 0 Å². The number of pyridine rings is 1. The summed E-state index contributed by atoms with van der Waals surface area (Å²) in [5.74, 6) is -0.507. The summed E-state index contributed by atoms with van der Waals surface area (Å²) in [6.45, 7) is 0. The fraction of sp³-hybridized carbons (Fsp3) is 0.500. The minimum absolute atomic E-state index is 0.193. The van der Waals surface area contributed by atoms with Crippen molar-refractivity contribution < 1.29 is 26.7 Å². The van der Waals surface area contributed by atoms with E-state index >= 15 is 0 Å². The minimum atomic E-state index is -4.45. The lowest BCUT2D eigenvalue weighted by molar-refractivity contribution is -0.137. The summed E-state index contributed by atoms with van der Waals surface area (Å²) < 4.78 is 59.5. The number of rotatable bonds is 2. The largest absolute Gasteiger partial charge is 0.417 e. The van der Waals surface area contributed by atoms with Gasteiger partial charge < -0.3 is 5.11 Å². The Balaban J connectivity index is 2.09. The van der Waals surface area contributed by atoms with E-state index in [1.165, 1.54) is 6.07 Å². The van der Waals surface area contributed by atoms with Crippen LogP contribution in [-0.2, 0) is 16.0 Å². The second-order valence-electron chi connectivity index (χ2n) is 4.18. The molecule has 0 saturated carbocycles. The number of alkyl halides is 3. The predicted octanol–water partition coefficient (Wildman–Crippen LogP) is 1.35. The quantitative estimate of drug-likeness (QED) is 0.893. The number of halogens is 3. The first kappa shape index (κ1) is 14.6. The molecule has 0 bridgehead atoms. The Hall–Kier alpha value is -0.800. The lowest BCUT2D eigenvalue weighted by atomic mass is 10.3. The van der Waals surface area contributed by atoms with Gasteiger partial charge in [0.25, 0.3) is 0 Å². The van der Waals surface area contributed by atoms with Crippen LogP contribution in [-0.4, -0.2) is 41.4 Å². The SMILES string of the molecule is O=S1(=O)CC(O)C(Sc2ccc(C(F)(F)F)cn2)C1. The topological polar surface area (TPSA) is 67.3 Å². The van der Waals surface area contributed by atoms with Gasteiger partial charge in [-0.1, -0.05) is 11.8 Å². The maximum absolute atomic E-state index is 12.3. The average Bonchev–Trinajstić information content (AvgIpc) is 2.51. The Labute approximate surface area is 112 Å². The van der Waals surface area contributed by atoms with E-state index in [9.17, 15) is 26.7 Å². The highest BCUT2D eigenvalue weighted by atomic mass is 32.2. The van der Waals surface area contributed by atoms with Crippen LogP contribution in [0.15, 0.2) is 23.4 Å². The van der Waals surface area contributed by atoms with E-state index in [-0.39, 0.29) is 16.5 Å². The van der Waals surface area contributed by atoms with Crippen LogP contribution in [0.1, 0.15) is 5.56 Å². The smallest absolute Gasteiger partial charge is 0.391 e. The number of aliphatic hydroxyl groups is 1. The first-order valence-corrected chi connectivity index (χ1v) is 7.96. The summed E-state index contributed by atoms with van der Waals surface area (Å²) >= 11 is 0.973. The van der Waals surface area contributed by atoms with Gasteiger partial charge in [0.1, 0.15) is 0 Å². The maximum Gasteiger partial charge on any atom is 0.417 e. The van der Waals surface area contributed by atoms with Crippen LogP contribution < -0.4 is 0 Å². The number of aliphatic hydroxyl groups excluding tert-OH is 1. The molecule has 1 aliphatic heterocycles. The van der Waals surface area contributed by atoms with Gasteiger partial charge >= 0.3 is 6.18 Å². The van der Waals surface area contributed by atoms with E-state index in [4.69, 9.17) is 0 Å². The zero-order valence-corrected chi connectivity index (χ0v) is 11.1. The van der Waals surface area contributed by atoms with Gasteiger partial charge in [0.05, 0.1) is 33.4 Å². The zero-order chi connectivity index (χ0) is 14.3. The molecule has 1 fully saturated rings. The molecule has 1 aliphatic rings. The van der Waals surface area contributed by atoms with Crippen molar-refractivity contribution in [2.24, 2.45) is 0 Å². The molecule has 4 nitrogen and oxygen atoms in total. The molecule has 2 heterocycles. The van der Waals surface area contributed by atoms with E-state index in [0.717, 1.165) is 17.8 Å². The highest BCUT2D eigenvalue weighted by Gasteiger charge is 2.37. The van der Waals surface area contributed by atoms with E-state index in [0.29, 0.717) is 6.20 Å². The van der Waals surface area contributed by atoms with Gasteiger partial charge in [0.2, 0.25) is 0 Å². The predicted molar refractivity (Wildman–Crippen MR) is 63.5 cm³/mol. The molecule has 106 valence electrons. The first-order chi connectivity index (χ1) is 8.67. The summed E-state index contributed by atoms with van der Waals surface area (Å²) in [7, 11) is -3.27. The van der Waals surface area contributed by atoms with Crippen LogP contribution in [0.25, 0.3) is 0 Å². The van der Waals surface area contributed by atoms with Crippen molar-refractivity contribution in [2.45, 2.75) is 22.6 Å². The van der Waals surface area contributed by atoms with Crippen molar-refractivity contribution >= 4 is 21.6 Å². The maximum atomic E-state index is 12.3. The van der Waals surface area contributed by atoms with Gasteiger partial charge in [-0.15, -0.1) is 0 Å². The molecule has 2 atom stereocenters. The fourth-order valence-corrected chi connectivity index (χ4v) is 5.13. The van der Waals surface area contributed by atoms with Gasteiger partial charge in [-0.2, -0.15) is 13.2 Å². The number of nitrogens with zero attached hydrogens (tertiary/aromatic N) is 1. The van der Waals surface area contributed by atoms with Crippen LogP contribution in [0.3, 0.4) is 0 Å². The third-order valence-electron chi connectivity index (χ3n) is 2.61. The lowest BCUT2D eigenvalue weighted by Gasteiger charge is -2.12. The van der Waals surface area contributed by atoms with Gasteiger partial charge in [-0.25, -0.2) is 13.4 Å². The highest BCUT2D eigenvalue weighted by Crippen LogP contribution is 2.33. The molecule has 9 heteroatoms. The molecule has 0 aromatic carbocycles. The highest BCUT2D eigenvalue weighted by molar-refractivity contribution is 8.01. The molecule has 2 unspecified atom stereocenters. The number of sulfone groups is 1. The van der Waals surface area contributed by atoms with Crippen molar-refractivity contribution in [2.75, 3.05) is 11.5 Å². The minimum Gasteiger partial charge on any atom is -0.391 e. The number of thioether (sulfide) groups is 1. The second kappa shape index (κ2) is 4.95. The zero-order valence-electron chi connectivity index (χ0n) is 9.46. The van der Waals surface area contributed by atoms with Crippen LogP contribution in [0.5, 0.6) is 0 Å². The number of hydrogen-bond acceptors (Lipinski definition) is 5. The Kier molecular flexibility index (Phi) is 3.80. The van der Waals surface area contributed by atoms with Crippen molar-refractivity contribution in [3.63, 3.8) is 0 Å². The third-order valence-corrected chi connectivity index (χ3v) is 5.80. The second-order valence-corrected chi connectivity index (χ2v) is 7.60. The molecule has 1 N–H and O–H groups in total. The van der Waals surface area contributed by atoms with Gasteiger partial charge in [-0.05, 0) is 12.1 Å². The summed E-state index contributed by atoms with van der Waals surface area (Å²) in [5.41, 5.74) is -0.864. The average molecular weight is 313 g/mol. The Morgan fingerprint density at radius 2 is 2.00 bits per heavy atom. The fourth-order valence-electron chi connectivity index (χ4n) is 1.68. The molecule has 19 heavy (non-hydrogen) atoms. The summed E-state index contributed by atoms with van der Waals surface area (Å²) in [4.78, 5) is 3.63. The normalized spacial score (nSPS) is 26.5. The van der Waals surface area contributed by atoms with Gasteiger partial charge in [0.15, 0.2) is 9.84 Å². The van der Waals surface area contributed by atoms with Crippen LogP contribution in [0, 0.1) is 0 Å². The standard InChI is InChI=1S/C10H10F3NO3S2/c11-10(12,13)6-1-2-9(14-3-6)18-8-5-19(16,17)4-7(8)15/h1-3,7-8,15H,4-5H2. The van der Waals surface area contributed by atoms with E-state index < -0.39 is 32.9 Å². The van der Waals surface area contributed by atoms with Crippen molar-refractivity contribution in [1.29, 1.82) is 0 Å².